The first kappa shape index (κ1) is 17.3. The molecule has 2 aliphatic rings. The van der Waals surface area contributed by atoms with Crippen molar-refractivity contribution < 1.29 is 14.3 Å². The number of ether oxygens (including phenoxy) is 2. The number of rotatable bonds is 2. The molecule has 1 aromatic heterocycles. The minimum Gasteiger partial charge on any atom is -0.347 e. The maximum absolute atomic E-state index is 12.8. The Morgan fingerprint density at radius 2 is 1.68 bits per heavy atom. The first-order valence-electron chi connectivity index (χ1n) is 8.18. The minimum atomic E-state index is -0.463. The van der Waals surface area contributed by atoms with E-state index in [1.807, 2.05) is 29.2 Å². The zero-order chi connectivity index (χ0) is 17.4. The van der Waals surface area contributed by atoms with E-state index < -0.39 is 5.79 Å². The van der Waals surface area contributed by atoms with Crippen LogP contribution in [0.4, 0.5) is 0 Å². The summed E-state index contributed by atoms with van der Waals surface area (Å²) in [6, 6.07) is 9.21. The highest BCUT2D eigenvalue weighted by Crippen LogP contribution is 2.35. The fourth-order valence-corrected chi connectivity index (χ4v) is 4.78. The van der Waals surface area contributed by atoms with Gasteiger partial charge in [-0.25, -0.2) is 0 Å². The number of piperidine rings is 1. The van der Waals surface area contributed by atoms with E-state index in [0.717, 1.165) is 28.2 Å². The van der Waals surface area contributed by atoms with Crippen LogP contribution in [-0.4, -0.2) is 42.9 Å². The Hall–Kier alpha value is -1.11. The van der Waals surface area contributed by atoms with Crippen molar-refractivity contribution in [3.63, 3.8) is 0 Å². The normalized spacial score (nSPS) is 19.5. The third kappa shape index (κ3) is 3.57. The van der Waals surface area contributed by atoms with Gasteiger partial charge in [0.1, 0.15) is 0 Å². The third-order valence-electron chi connectivity index (χ3n) is 4.59. The molecular formula is C18H17Cl2NO3S. The van der Waals surface area contributed by atoms with E-state index in [2.05, 4.69) is 0 Å². The average molecular weight is 398 g/mol. The topological polar surface area (TPSA) is 38.8 Å². The lowest BCUT2D eigenvalue weighted by Crippen LogP contribution is -2.47. The van der Waals surface area contributed by atoms with Crippen molar-refractivity contribution >= 4 is 40.4 Å². The predicted molar refractivity (Wildman–Crippen MR) is 99.5 cm³/mol. The molecule has 4 rings (SSSR count). The second-order valence-electron chi connectivity index (χ2n) is 6.22. The van der Waals surface area contributed by atoms with Crippen molar-refractivity contribution in [2.45, 2.75) is 18.6 Å². The van der Waals surface area contributed by atoms with E-state index in [1.165, 1.54) is 11.3 Å². The predicted octanol–water partition coefficient (Wildman–Crippen LogP) is 4.70. The molecule has 25 heavy (non-hydrogen) atoms. The molecule has 4 nitrogen and oxygen atoms in total. The number of carbonyl (C=O) groups is 1. The second kappa shape index (κ2) is 6.89. The fourth-order valence-electron chi connectivity index (χ4n) is 3.30. The Morgan fingerprint density at radius 1 is 1.04 bits per heavy atom. The van der Waals surface area contributed by atoms with Gasteiger partial charge >= 0.3 is 0 Å². The van der Waals surface area contributed by atoms with Gasteiger partial charge in [-0.1, -0.05) is 23.2 Å². The van der Waals surface area contributed by atoms with Crippen molar-refractivity contribution in [2.75, 3.05) is 26.3 Å². The molecule has 3 heterocycles. The number of likely N-dealkylation sites (tertiary alicyclic amines) is 1. The SMILES string of the molecule is O=C(c1ccc(-c2cc(Cl)cc(Cl)c2)s1)N1CCC2(CC1)OCCO2. The van der Waals surface area contributed by atoms with Gasteiger partial charge in [-0.05, 0) is 35.9 Å². The Balaban J connectivity index is 1.47. The summed E-state index contributed by atoms with van der Waals surface area (Å²) in [5, 5.41) is 1.17. The van der Waals surface area contributed by atoms with Gasteiger partial charge in [0.05, 0.1) is 18.1 Å². The summed E-state index contributed by atoms with van der Waals surface area (Å²) in [6.45, 7) is 2.58. The largest absolute Gasteiger partial charge is 0.347 e. The number of hydrogen-bond acceptors (Lipinski definition) is 4. The molecule has 2 fully saturated rings. The van der Waals surface area contributed by atoms with E-state index in [4.69, 9.17) is 32.7 Å². The molecule has 1 amide bonds. The summed E-state index contributed by atoms with van der Waals surface area (Å²) in [5.41, 5.74) is 0.923. The third-order valence-corrected chi connectivity index (χ3v) is 6.15. The van der Waals surface area contributed by atoms with Crippen LogP contribution in [0, 0.1) is 0 Å². The van der Waals surface area contributed by atoms with Gasteiger partial charge in [0.2, 0.25) is 0 Å². The molecule has 2 aromatic rings. The fraction of sp³-hybridized carbons (Fsp3) is 0.389. The second-order valence-corrected chi connectivity index (χ2v) is 8.18. The lowest BCUT2D eigenvalue weighted by Gasteiger charge is -2.37. The van der Waals surface area contributed by atoms with E-state index in [-0.39, 0.29) is 5.91 Å². The molecular weight excluding hydrogens is 381 g/mol. The number of carbonyl (C=O) groups excluding carboxylic acids is 1. The molecule has 0 radical (unpaired) electrons. The van der Waals surface area contributed by atoms with Crippen molar-refractivity contribution in [3.8, 4) is 10.4 Å². The Bertz CT molecular complexity index is 771. The van der Waals surface area contributed by atoms with Gasteiger partial charge in [0.15, 0.2) is 5.79 Å². The van der Waals surface area contributed by atoms with Crippen molar-refractivity contribution in [3.05, 3.63) is 45.3 Å². The van der Waals surface area contributed by atoms with Crippen molar-refractivity contribution in [1.29, 1.82) is 0 Å². The van der Waals surface area contributed by atoms with Crippen LogP contribution in [0.3, 0.4) is 0 Å². The molecule has 1 spiro atoms. The van der Waals surface area contributed by atoms with E-state index in [9.17, 15) is 4.79 Å². The van der Waals surface area contributed by atoms with Crippen LogP contribution in [0.2, 0.25) is 10.0 Å². The summed E-state index contributed by atoms with van der Waals surface area (Å²) in [6.07, 6.45) is 1.45. The summed E-state index contributed by atoms with van der Waals surface area (Å²) in [4.78, 5) is 16.3. The maximum Gasteiger partial charge on any atom is 0.263 e. The minimum absolute atomic E-state index is 0.0530. The molecule has 0 unspecified atom stereocenters. The van der Waals surface area contributed by atoms with E-state index >= 15 is 0 Å². The highest BCUT2D eigenvalue weighted by molar-refractivity contribution is 7.17. The van der Waals surface area contributed by atoms with Crippen molar-refractivity contribution in [1.82, 2.24) is 4.90 Å². The zero-order valence-electron chi connectivity index (χ0n) is 13.5. The maximum atomic E-state index is 12.8. The molecule has 0 atom stereocenters. The van der Waals surface area contributed by atoms with Crippen molar-refractivity contribution in [2.24, 2.45) is 0 Å². The van der Waals surface area contributed by atoms with Gasteiger partial charge < -0.3 is 14.4 Å². The Labute approximate surface area is 160 Å². The molecule has 132 valence electrons. The molecule has 2 saturated heterocycles. The Morgan fingerprint density at radius 3 is 2.32 bits per heavy atom. The molecule has 0 aliphatic carbocycles. The van der Waals surface area contributed by atoms with Crippen LogP contribution >= 0.6 is 34.5 Å². The standard InChI is InChI=1S/C18H17Cl2NO3S/c19-13-9-12(10-14(20)11-13)15-1-2-16(25-15)17(22)21-5-3-18(4-6-21)23-7-8-24-18/h1-2,9-11H,3-8H2. The number of halogens is 2. The highest BCUT2D eigenvalue weighted by Gasteiger charge is 2.41. The quantitative estimate of drug-likeness (QED) is 0.736. The smallest absolute Gasteiger partial charge is 0.263 e. The molecule has 0 N–H and O–H groups in total. The van der Waals surface area contributed by atoms with Crippen LogP contribution in [0.25, 0.3) is 10.4 Å². The summed E-state index contributed by atoms with van der Waals surface area (Å²) >= 11 is 13.6. The van der Waals surface area contributed by atoms with Gasteiger partial charge in [-0.3, -0.25) is 4.79 Å². The molecule has 0 saturated carbocycles. The first-order valence-corrected chi connectivity index (χ1v) is 9.75. The van der Waals surface area contributed by atoms with Gasteiger partial charge in [0, 0.05) is 40.9 Å². The zero-order valence-corrected chi connectivity index (χ0v) is 15.8. The highest BCUT2D eigenvalue weighted by atomic mass is 35.5. The summed E-state index contributed by atoms with van der Waals surface area (Å²) in [5.74, 6) is -0.410. The number of hydrogen-bond donors (Lipinski definition) is 0. The monoisotopic (exact) mass is 397 g/mol. The van der Waals surface area contributed by atoms with Gasteiger partial charge in [-0.2, -0.15) is 0 Å². The lowest BCUT2D eigenvalue weighted by molar-refractivity contribution is -0.181. The van der Waals surface area contributed by atoms with Crippen LogP contribution in [0.5, 0.6) is 0 Å². The van der Waals surface area contributed by atoms with Crippen LogP contribution < -0.4 is 0 Å². The van der Waals surface area contributed by atoms with Crippen LogP contribution in [-0.2, 0) is 9.47 Å². The molecule has 7 heteroatoms. The average Bonchev–Trinajstić information content (AvgIpc) is 3.24. The van der Waals surface area contributed by atoms with Gasteiger partial charge in [-0.15, -0.1) is 11.3 Å². The van der Waals surface area contributed by atoms with Gasteiger partial charge in [0.25, 0.3) is 5.91 Å². The number of amides is 1. The van der Waals surface area contributed by atoms with Crippen LogP contribution in [0.15, 0.2) is 30.3 Å². The number of benzene rings is 1. The molecule has 0 bridgehead atoms. The van der Waals surface area contributed by atoms with E-state index in [1.54, 1.807) is 6.07 Å². The lowest BCUT2D eigenvalue weighted by atomic mass is 10.0. The van der Waals surface area contributed by atoms with Crippen LogP contribution in [0.1, 0.15) is 22.5 Å². The van der Waals surface area contributed by atoms with E-state index in [0.29, 0.717) is 36.3 Å². The summed E-state index contributed by atoms with van der Waals surface area (Å²) in [7, 11) is 0. The summed E-state index contributed by atoms with van der Waals surface area (Å²) < 4.78 is 11.4. The number of nitrogens with zero attached hydrogens (tertiary/aromatic N) is 1. The molecule has 2 aliphatic heterocycles. The molecule has 1 aromatic carbocycles. The first-order chi connectivity index (χ1) is 12.0. The number of thiophene rings is 1. The Kier molecular flexibility index (Phi) is 4.77.